The summed E-state index contributed by atoms with van der Waals surface area (Å²) in [6, 6.07) is 11.8. The summed E-state index contributed by atoms with van der Waals surface area (Å²) in [5, 5.41) is 5.53. The van der Waals surface area contributed by atoms with Gasteiger partial charge in [0.05, 0.1) is 6.54 Å². The normalized spacial score (nSPS) is 14.7. The summed E-state index contributed by atoms with van der Waals surface area (Å²) in [5.74, 6) is 0.445. The summed E-state index contributed by atoms with van der Waals surface area (Å²) in [6.07, 6.45) is 3.21. The minimum absolute atomic E-state index is 0.0955. The van der Waals surface area contributed by atoms with Crippen molar-refractivity contribution in [2.24, 2.45) is 0 Å². The number of benzene rings is 1. The lowest BCUT2D eigenvalue weighted by molar-refractivity contribution is 0.236. The fourth-order valence-electron chi connectivity index (χ4n) is 3.78. The van der Waals surface area contributed by atoms with Crippen molar-refractivity contribution < 1.29 is 4.79 Å². The van der Waals surface area contributed by atoms with Crippen LogP contribution in [0.25, 0.3) is 11.2 Å². The highest BCUT2D eigenvalue weighted by Crippen LogP contribution is 2.18. The molecule has 3 aromatic rings. The van der Waals surface area contributed by atoms with Crippen LogP contribution in [0.3, 0.4) is 0 Å². The van der Waals surface area contributed by atoms with Crippen LogP contribution in [0.2, 0.25) is 0 Å². The van der Waals surface area contributed by atoms with E-state index in [1.54, 1.807) is 17.8 Å². The molecule has 0 bridgehead atoms. The zero-order valence-electron chi connectivity index (χ0n) is 17.3. The molecule has 8 heteroatoms. The first-order valence-electron chi connectivity index (χ1n) is 10.2. The molecule has 0 radical (unpaired) electrons. The van der Waals surface area contributed by atoms with E-state index in [1.165, 1.54) is 5.56 Å². The summed E-state index contributed by atoms with van der Waals surface area (Å²) in [5.41, 5.74) is 3.37. The van der Waals surface area contributed by atoms with E-state index in [9.17, 15) is 9.59 Å². The fraction of sp³-hybridized carbons (Fsp3) is 0.364. The smallest absolute Gasteiger partial charge is 0.314 e. The van der Waals surface area contributed by atoms with Gasteiger partial charge in [0.25, 0.3) is 5.56 Å². The number of piperidine rings is 1. The van der Waals surface area contributed by atoms with Crippen molar-refractivity contribution in [3.05, 3.63) is 64.1 Å². The molecule has 0 atom stereocenters. The number of anilines is 1. The van der Waals surface area contributed by atoms with E-state index in [0.29, 0.717) is 36.6 Å². The lowest BCUT2D eigenvalue weighted by Gasteiger charge is -2.33. The second-order valence-electron chi connectivity index (χ2n) is 7.64. The van der Waals surface area contributed by atoms with E-state index in [-0.39, 0.29) is 17.6 Å². The molecule has 156 valence electrons. The second kappa shape index (κ2) is 8.52. The van der Waals surface area contributed by atoms with E-state index >= 15 is 0 Å². The monoisotopic (exact) mass is 406 g/mol. The van der Waals surface area contributed by atoms with Crippen molar-refractivity contribution in [1.29, 1.82) is 0 Å². The Balaban J connectivity index is 1.64. The molecule has 3 heterocycles. The van der Waals surface area contributed by atoms with Crippen molar-refractivity contribution in [1.82, 2.24) is 25.2 Å². The number of hydrogen-bond acceptors (Lipinski definition) is 5. The van der Waals surface area contributed by atoms with Crippen LogP contribution in [0.1, 0.15) is 24.0 Å². The first kappa shape index (κ1) is 19.9. The van der Waals surface area contributed by atoms with Gasteiger partial charge >= 0.3 is 6.03 Å². The Bertz CT molecular complexity index is 1100. The van der Waals surface area contributed by atoms with Gasteiger partial charge in [0.2, 0.25) is 0 Å². The van der Waals surface area contributed by atoms with Gasteiger partial charge < -0.3 is 15.5 Å². The van der Waals surface area contributed by atoms with Crippen molar-refractivity contribution >= 4 is 23.0 Å². The van der Waals surface area contributed by atoms with Crippen LogP contribution < -0.4 is 21.1 Å². The number of carbonyl (C=O) groups is 1. The van der Waals surface area contributed by atoms with Crippen LogP contribution in [0.15, 0.2) is 47.4 Å². The van der Waals surface area contributed by atoms with Crippen molar-refractivity contribution in [2.75, 3.05) is 25.0 Å². The maximum absolute atomic E-state index is 13.4. The summed E-state index contributed by atoms with van der Waals surface area (Å²) < 4.78 is 1.71. The SMILES string of the molecule is CNC(=O)NC1CCN(c2nc3cccnc3n(Cc3ccc(C)cc3)c2=O)CC1. The van der Waals surface area contributed by atoms with Gasteiger partial charge in [-0.05, 0) is 37.5 Å². The average molecular weight is 406 g/mol. The van der Waals surface area contributed by atoms with Crippen molar-refractivity contribution in [2.45, 2.75) is 32.4 Å². The molecule has 2 N–H and O–H groups in total. The molecule has 0 aliphatic carbocycles. The Labute approximate surface area is 175 Å². The van der Waals surface area contributed by atoms with Gasteiger partial charge in [0.15, 0.2) is 11.5 Å². The molecule has 1 aliphatic rings. The minimum atomic E-state index is -0.177. The number of nitrogens with zero attached hydrogens (tertiary/aromatic N) is 4. The molecule has 30 heavy (non-hydrogen) atoms. The topological polar surface area (TPSA) is 92.2 Å². The summed E-state index contributed by atoms with van der Waals surface area (Å²) >= 11 is 0. The number of rotatable bonds is 4. The number of pyridine rings is 1. The van der Waals surface area contributed by atoms with Crippen LogP contribution in [0, 0.1) is 6.92 Å². The van der Waals surface area contributed by atoms with Crippen LogP contribution in [0.4, 0.5) is 10.6 Å². The zero-order valence-corrected chi connectivity index (χ0v) is 17.3. The largest absolute Gasteiger partial charge is 0.352 e. The lowest BCUT2D eigenvalue weighted by Crippen LogP contribution is -2.48. The maximum atomic E-state index is 13.4. The molecule has 2 amide bonds. The van der Waals surface area contributed by atoms with Gasteiger partial charge in [0, 0.05) is 32.4 Å². The Morgan fingerprint density at radius 1 is 1.17 bits per heavy atom. The molecule has 0 spiro atoms. The number of urea groups is 1. The third kappa shape index (κ3) is 4.12. The van der Waals surface area contributed by atoms with Gasteiger partial charge in [-0.1, -0.05) is 29.8 Å². The molecule has 1 saturated heterocycles. The highest BCUT2D eigenvalue weighted by Gasteiger charge is 2.24. The number of carbonyl (C=O) groups excluding carboxylic acids is 1. The Morgan fingerprint density at radius 3 is 2.60 bits per heavy atom. The van der Waals surface area contributed by atoms with Crippen molar-refractivity contribution in [3.63, 3.8) is 0 Å². The zero-order chi connectivity index (χ0) is 21.1. The van der Waals surface area contributed by atoms with Gasteiger partial charge in [-0.25, -0.2) is 14.8 Å². The van der Waals surface area contributed by atoms with Gasteiger partial charge in [-0.3, -0.25) is 9.36 Å². The molecule has 2 aromatic heterocycles. The lowest BCUT2D eigenvalue weighted by atomic mass is 10.1. The van der Waals surface area contributed by atoms with Crippen LogP contribution in [-0.2, 0) is 6.54 Å². The molecule has 1 aromatic carbocycles. The van der Waals surface area contributed by atoms with Gasteiger partial charge in [0.1, 0.15) is 5.52 Å². The number of hydrogen-bond donors (Lipinski definition) is 2. The number of amides is 2. The number of aromatic nitrogens is 3. The fourth-order valence-corrected chi connectivity index (χ4v) is 3.78. The van der Waals surface area contributed by atoms with Gasteiger partial charge in [-0.15, -0.1) is 0 Å². The summed E-state index contributed by atoms with van der Waals surface area (Å²) in [7, 11) is 1.61. The molecular weight excluding hydrogens is 380 g/mol. The predicted molar refractivity (Wildman–Crippen MR) is 117 cm³/mol. The van der Waals surface area contributed by atoms with E-state index in [2.05, 4.69) is 20.6 Å². The Morgan fingerprint density at radius 2 is 1.90 bits per heavy atom. The first-order valence-corrected chi connectivity index (χ1v) is 10.2. The Hall–Kier alpha value is -3.42. The third-order valence-electron chi connectivity index (χ3n) is 5.50. The molecule has 1 fully saturated rings. The maximum Gasteiger partial charge on any atom is 0.314 e. The minimum Gasteiger partial charge on any atom is -0.352 e. The number of nitrogens with one attached hydrogen (secondary N) is 2. The van der Waals surface area contributed by atoms with E-state index < -0.39 is 0 Å². The van der Waals surface area contributed by atoms with E-state index in [4.69, 9.17) is 0 Å². The van der Waals surface area contributed by atoms with Crippen LogP contribution >= 0.6 is 0 Å². The quantitative estimate of drug-likeness (QED) is 0.692. The highest BCUT2D eigenvalue weighted by molar-refractivity contribution is 5.74. The molecular formula is C22H26N6O2. The Kier molecular flexibility index (Phi) is 5.65. The molecule has 0 unspecified atom stereocenters. The van der Waals surface area contributed by atoms with E-state index in [0.717, 1.165) is 18.4 Å². The number of fused-ring (bicyclic) bond motifs is 1. The first-order chi connectivity index (χ1) is 14.5. The summed E-state index contributed by atoms with van der Waals surface area (Å²) in [6.45, 7) is 3.80. The van der Waals surface area contributed by atoms with Crippen molar-refractivity contribution in [3.8, 4) is 0 Å². The molecule has 1 aliphatic heterocycles. The molecule has 8 nitrogen and oxygen atoms in total. The van der Waals surface area contributed by atoms with Gasteiger partial charge in [-0.2, -0.15) is 0 Å². The number of aryl methyl sites for hydroxylation is 1. The molecule has 0 saturated carbocycles. The van der Waals surface area contributed by atoms with Crippen LogP contribution in [0.5, 0.6) is 0 Å². The second-order valence-corrected chi connectivity index (χ2v) is 7.64. The van der Waals surface area contributed by atoms with Crippen LogP contribution in [-0.4, -0.2) is 46.7 Å². The third-order valence-corrected chi connectivity index (χ3v) is 5.50. The summed E-state index contributed by atoms with van der Waals surface area (Å²) in [4.78, 5) is 36.0. The highest BCUT2D eigenvalue weighted by atomic mass is 16.2. The standard InChI is InChI=1S/C22H26N6O2/c1-15-5-7-16(8-6-15)14-28-19-18(4-3-11-24-19)26-20(21(28)29)27-12-9-17(10-13-27)25-22(30)23-2/h3-8,11,17H,9-10,12-14H2,1-2H3,(H2,23,25,30). The predicted octanol–water partition coefficient (Wildman–Crippen LogP) is 2.05. The molecule has 4 rings (SSSR count). The average Bonchev–Trinajstić information content (AvgIpc) is 2.77. The van der Waals surface area contributed by atoms with E-state index in [1.807, 2.05) is 48.2 Å².